The molecule has 0 aliphatic rings. The van der Waals surface area contributed by atoms with Crippen LogP contribution in [0.2, 0.25) is 0 Å². The third kappa shape index (κ3) is 3.46. The minimum atomic E-state index is -0.525. The third-order valence-corrected chi connectivity index (χ3v) is 3.04. The van der Waals surface area contributed by atoms with E-state index >= 15 is 0 Å². The van der Waals surface area contributed by atoms with Crippen molar-refractivity contribution in [2.75, 3.05) is 5.32 Å². The van der Waals surface area contributed by atoms with E-state index in [1.807, 2.05) is 13.8 Å². The number of nitrogens with two attached hydrogens (primary N) is 1. The highest BCUT2D eigenvalue weighted by atomic mass is 16.3. The number of carbonyl (C=O) groups is 1. The second-order valence-corrected chi connectivity index (χ2v) is 4.40. The molecule has 4 nitrogen and oxygen atoms in total. The lowest BCUT2D eigenvalue weighted by atomic mass is 9.99. The summed E-state index contributed by atoms with van der Waals surface area (Å²) in [5, 5.41) is 12.2. The standard InChI is InChI=1S/C13H20N2O2/c1-4-8(2)12(14)13(17)15-10-6-5-9(3)11(16)7-10/h5-8,12,16H,4,14H2,1-3H3,(H,15,17). The first-order valence-corrected chi connectivity index (χ1v) is 5.81. The fraction of sp³-hybridized carbons (Fsp3) is 0.462. The molecule has 0 fully saturated rings. The van der Waals surface area contributed by atoms with Crippen LogP contribution in [-0.4, -0.2) is 17.1 Å². The number of hydrogen-bond donors (Lipinski definition) is 3. The summed E-state index contributed by atoms with van der Waals surface area (Å²) in [6.07, 6.45) is 0.855. The maximum Gasteiger partial charge on any atom is 0.241 e. The van der Waals surface area contributed by atoms with Crippen LogP contribution in [0.5, 0.6) is 5.75 Å². The monoisotopic (exact) mass is 236 g/mol. The van der Waals surface area contributed by atoms with Gasteiger partial charge in [0.15, 0.2) is 0 Å². The highest BCUT2D eigenvalue weighted by molar-refractivity contribution is 5.95. The van der Waals surface area contributed by atoms with Crippen molar-refractivity contribution >= 4 is 11.6 Å². The first-order chi connectivity index (χ1) is 7.95. The third-order valence-electron chi connectivity index (χ3n) is 3.04. The number of phenols is 1. The summed E-state index contributed by atoms with van der Waals surface area (Å²) < 4.78 is 0. The van der Waals surface area contributed by atoms with Gasteiger partial charge in [-0.15, -0.1) is 0 Å². The van der Waals surface area contributed by atoms with Crippen LogP contribution in [0, 0.1) is 12.8 Å². The number of anilines is 1. The number of nitrogens with one attached hydrogen (secondary N) is 1. The Morgan fingerprint density at radius 1 is 1.53 bits per heavy atom. The van der Waals surface area contributed by atoms with Gasteiger partial charge in [0.25, 0.3) is 0 Å². The van der Waals surface area contributed by atoms with Gasteiger partial charge in [0.1, 0.15) is 5.75 Å². The largest absolute Gasteiger partial charge is 0.508 e. The molecule has 0 saturated heterocycles. The first-order valence-electron chi connectivity index (χ1n) is 5.81. The number of phenolic OH excluding ortho intramolecular Hbond substituents is 1. The molecule has 0 bridgehead atoms. The van der Waals surface area contributed by atoms with Gasteiger partial charge in [-0.3, -0.25) is 4.79 Å². The molecule has 0 radical (unpaired) electrons. The number of aryl methyl sites for hydroxylation is 1. The molecule has 94 valence electrons. The summed E-state index contributed by atoms with van der Waals surface area (Å²) in [6.45, 7) is 5.73. The average Bonchev–Trinajstić information content (AvgIpc) is 2.31. The van der Waals surface area contributed by atoms with Crippen molar-refractivity contribution in [3.63, 3.8) is 0 Å². The minimum Gasteiger partial charge on any atom is -0.508 e. The molecule has 4 N–H and O–H groups in total. The Balaban J connectivity index is 2.71. The van der Waals surface area contributed by atoms with Crippen molar-refractivity contribution in [1.82, 2.24) is 0 Å². The van der Waals surface area contributed by atoms with Crippen molar-refractivity contribution in [1.29, 1.82) is 0 Å². The topological polar surface area (TPSA) is 75.4 Å². The van der Waals surface area contributed by atoms with Crippen LogP contribution in [-0.2, 0) is 4.79 Å². The molecule has 4 heteroatoms. The maximum atomic E-state index is 11.8. The lowest BCUT2D eigenvalue weighted by molar-refractivity contribution is -0.118. The fourth-order valence-corrected chi connectivity index (χ4v) is 1.43. The highest BCUT2D eigenvalue weighted by Crippen LogP contribution is 2.21. The van der Waals surface area contributed by atoms with Crippen molar-refractivity contribution < 1.29 is 9.90 Å². The Kier molecular flexibility index (Phi) is 4.52. The van der Waals surface area contributed by atoms with Crippen molar-refractivity contribution in [3.05, 3.63) is 23.8 Å². The average molecular weight is 236 g/mol. The van der Waals surface area contributed by atoms with E-state index < -0.39 is 6.04 Å². The van der Waals surface area contributed by atoms with Gasteiger partial charge in [0.05, 0.1) is 6.04 Å². The summed E-state index contributed by atoms with van der Waals surface area (Å²) in [5.74, 6) is 0.0801. The summed E-state index contributed by atoms with van der Waals surface area (Å²) in [4.78, 5) is 11.8. The molecule has 0 spiro atoms. The van der Waals surface area contributed by atoms with E-state index in [-0.39, 0.29) is 17.6 Å². The predicted molar refractivity (Wildman–Crippen MR) is 68.9 cm³/mol. The molecular weight excluding hydrogens is 216 g/mol. The van der Waals surface area contributed by atoms with E-state index in [0.29, 0.717) is 5.69 Å². The summed E-state index contributed by atoms with van der Waals surface area (Å²) >= 11 is 0. The van der Waals surface area contributed by atoms with E-state index in [2.05, 4.69) is 5.32 Å². The zero-order chi connectivity index (χ0) is 13.0. The van der Waals surface area contributed by atoms with Crippen LogP contribution < -0.4 is 11.1 Å². The Bertz CT molecular complexity index is 404. The molecular formula is C13H20N2O2. The van der Waals surface area contributed by atoms with Gasteiger partial charge in [-0.25, -0.2) is 0 Å². The number of benzene rings is 1. The van der Waals surface area contributed by atoms with Gasteiger partial charge in [-0.05, 0) is 24.5 Å². The van der Waals surface area contributed by atoms with Gasteiger partial charge in [0, 0.05) is 11.8 Å². The zero-order valence-corrected chi connectivity index (χ0v) is 10.5. The van der Waals surface area contributed by atoms with Crippen LogP contribution in [0.15, 0.2) is 18.2 Å². The molecule has 1 amide bonds. The lowest BCUT2D eigenvalue weighted by Gasteiger charge is -2.17. The van der Waals surface area contributed by atoms with Gasteiger partial charge >= 0.3 is 0 Å². The van der Waals surface area contributed by atoms with Crippen molar-refractivity contribution in [2.24, 2.45) is 11.7 Å². The molecule has 2 atom stereocenters. The molecule has 1 aromatic rings. The zero-order valence-electron chi connectivity index (χ0n) is 10.5. The summed E-state index contributed by atoms with van der Waals surface area (Å²) in [6, 6.07) is 4.50. The second kappa shape index (κ2) is 5.68. The molecule has 0 heterocycles. The fourth-order valence-electron chi connectivity index (χ4n) is 1.43. The molecule has 0 aliphatic heterocycles. The van der Waals surface area contributed by atoms with Crippen LogP contribution >= 0.6 is 0 Å². The van der Waals surface area contributed by atoms with Crippen LogP contribution in [0.1, 0.15) is 25.8 Å². The summed E-state index contributed by atoms with van der Waals surface area (Å²) in [5.41, 5.74) is 7.15. The highest BCUT2D eigenvalue weighted by Gasteiger charge is 2.19. The van der Waals surface area contributed by atoms with Gasteiger partial charge in [0.2, 0.25) is 5.91 Å². The van der Waals surface area contributed by atoms with E-state index in [1.165, 1.54) is 6.07 Å². The minimum absolute atomic E-state index is 0.133. The number of carbonyl (C=O) groups excluding carboxylic acids is 1. The Labute approximate surface area is 102 Å². The molecule has 0 aromatic heterocycles. The molecule has 1 rings (SSSR count). The molecule has 2 unspecified atom stereocenters. The Morgan fingerprint density at radius 2 is 2.18 bits per heavy atom. The quantitative estimate of drug-likeness (QED) is 0.748. The van der Waals surface area contributed by atoms with Gasteiger partial charge in [-0.2, -0.15) is 0 Å². The van der Waals surface area contributed by atoms with Gasteiger partial charge < -0.3 is 16.2 Å². The van der Waals surface area contributed by atoms with Gasteiger partial charge in [-0.1, -0.05) is 26.3 Å². The number of hydrogen-bond acceptors (Lipinski definition) is 3. The smallest absolute Gasteiger partial charge is 0.241 e. The van der Waals surface area contributed by atoms with E-state index in [1.54, 1.807) is 19.1 Å². The summed E-state index contributed by atoms with van der Waals surface area (Å²) in [7, 11) is 0. The SMILES string of the molecule is CCC(C)C(N)C(=O)Nc1ccc(C)c(O)c1. The van der Waals surface area contributed by atoms with E-state index in [0.717, 1.165) is 12.0 Å². The Morgan fingerprint density at radius 3 is 2.71 bits per heavy atom. The lowest BCUT2D eigenvalue weighted by Crippen LogP contribution is -2.40. The van der Waals surface area contributed by atoms with E-state index in [9.17, 15) is 9.90 Å². The number of aromatic hydroxyl groups is 1. The van der Waals surface area contributed by atoms with Crippen LogP contribution in [0.3, 0.4) is 0 Å². The van der Waals surface area contributed by atoms with Crippen molar-refractivity contribution in [3.8, 4) is 5.75 Å². The molecule has 1 aromatic carbocycles. The Hall–Kier alpha value is -1.55. The predicted octanol–water partition coefficient (Wildman–Crippen LogP) is 2.01. The van der Waals surface area contributed by atoms with Crippen molar-refractivity contribution in [2.45, 2.75) is 33.2 Å². The second-order valence-electron chi connectivity index (χ2n) is 4.40. The number of amides is 1. The molecule has 0 saturated carbocycles. The maximum absolute atomic E-state index is 11.8. The van der Waals surface area contributed by atoms with Crippen LogP contribution in [0.4, 0.5) is 5.69 Å². The molecule has 0 aliphatic carbocycles. The van der Waals surface area contributed by atoms with Crippen LogP contribution in [0.25, 0.3) is 0 Å². The number of rotatable bonds is 4. The normalized spacial score (nSPS) is 14.1. The first kappa shape index (κ1) is 13.5. The molecule has 17 heavy (non-hydrogen) atoms. The van der Waals surface area contributed by atoms with E-state index in [4.69, 9.17) is 5.73 Å².